The topological polar surface area (TPSA) is 69.7 Å². The third-order valence-electron chi connectivity index (χ3n) is 2.43. The predicted octanol–water partition coefficient (Wildman–Crippen LogP) is -0.551. The van der Waals surface area contributed by atoms with Crippen LogP contribution in [0, 0.1) is 0 Å². The van der Waals surface area contributed by atoms with E-state index in [-0.39, 0.29) is 19.1 Å². The van der Waals surface area contributed by atoms with E-state index in [2.05, 4.69) is 18.5 Å². The Morgan fingerprint density at radius 1 is 1.12 bits per heavy atom. The van der Waals surface area contributed by atoms with Crippen LogP contribution in [0.3, 0.4) is 0 Å². The SMILES string of the molecule is C=CC(=O)N1CNCN(C(=O)C=C)C1C(C)=O. The molecule has 92 valence electrons. The van der Waals surface area contributed by atoms with Crippen LogP contribution < -0.4 is 5.32 Å². The summed E-state index contributed by atoms with van der Waals surface area (Å²) >= 11 is 0. The van der Waals surface area contributed by atoms with Crippen LogP contribution in [0.25, 0.3) is 0 Å². The molecule has 6 nitrogen and oxygen atoms in total. The van der Waals surface area contributed by atoms with Gasteiger partial charge >= 0.3 is 0 Å². The molecular weight excluding hydrogens is 222 g/mol. The number of hydrogen-bond acceptors (Lipinski definition) is 4. The summed E-state index contributed by atoms with van der Waals surface area (Å²) < 4.78 is 0. The largest absolute Gasteiger partial charge is 0.299 e. The monoisotopic (exact) mass is 237 g/mol. The minimum Gasteiger partial charge on any atom is -0.299 e. The summed E-state index contributed by atoms with van der Waals surface area (Å²) in [5.41, 5.74) is 0. The number of nitrogens with zero attached hydrogens (tertiary/aromatic N) is 2. The second kappa shape index (κ2) is 5.40. The smallest absolute Gasteiger partial charge is 0.248 e. The van der Waals surface area contributed by atoms with Gasteiger partial charge in [-0.3, -0.25) is 29.5 Å². The van der Waals surface area contributed by atoms with Gasteiger partial charge in [0.15, 0.2) is 11.9 Å². The number of amides is 2. The molecule has 0 saturated carbocycles. The molecule has 0 aromatic rings. The van der Waals surface area contributed by atoms with E-state index in [9.17, 15) is 14.4 Å². The van der Waals surface area contributed by atoms with Gasteiger partial charge in [-0.2, -0.15) is 0 Å². The number of carbonyl (C=O) groups excluding carboxylic acids is 3. The molecule has 0 radical (unpaired) electrons. The van der Waals surface area contributed by atoms with Crippen LogP contribution in [-0.2, 0) is 14.4 Å². The Labute approximate surface area is 99.6 Å². The number of ketones is 1. The summed E-state index contributed by atoms with van der Waals surface area (Å²) in [6.45, 7) is 8.48. The average Bonchev–Trinajstić information content (AvgIpc) is 2.35. The van der Waals surface area contributed by atoms with Crippen molar-refractivity contribution >= 4 is 17.6 Å². The fraction of sp³-hybridized carbons (Fsp3) is 0.364. The molecule has 1 N–H and O–H groups in total. The fourth-order valence-corrected chi connectivity index (χ4v) is 1.70. The van der Waals surface area contributed by atoms with Crippen molar-refractivity contribution < 1.29 is 14.4 Å². The van der Waals surface area contributed by atoms with Gasteiger partial charge in [-0.1, -0.05) is 13.2 Å². The molecule has 1 aliphatic rings. The minimum atomic E-state index is -0.896. The molecule has 0 aliphatic carbocycles. The summed E-state index contributed by atoms with van der Waals surface area (Å²) in [5, 5.41) is 2.86. The standard InChI is InChI=1S/C11H15N3O3/c1-4-9(16)13-6-12-7-14(10(17)5-2)11(13)8(3)15/h4-5,11-12H,1-2,6-7H2,3H3. The van der Waals surface area contributed by atoms with Gasteiger partial charge in [-0.25, -0.2) is 0 Å². The minimum absolute atomic E-state index is 0.204. The molecular formula is C11H15N3O3. The number of Topliss-reactive ketones (excluding diaryl/α,β-unsaturated/α-hetero) is 1. The van der Waals surface area contributed by atoms with Crippen LogP contribution in [0.2, 0.25) is 0 Å². The van der Waals surface area contributed by atoms with Gasteiger partial charge in [0.2, 0.25) is 11.8 Å². The molecule has 6 heteroatoms. The van der Waals surface area contributed by atoms with E-state index in [1.54, 1.807) is 0 Å². The molecule has 17 heavy (non-hydrogen) atoms. The van der Waals surface area contributed by atoms with Crippen LogP contribution in [0.4, 0.5) is 0 Å². The second-order valence-electron chi connectivity index (χ2n) is 3.57. The molecule has 1 rings (SSSR count). The zero-order valence-electron chi connectivity index (χ0n) is 9.68. The normalized spacial score (nSPS) is 16.5. The Hall–Kier alpha value is -1.95. The van der Waals surface area contributed by atoms with E-state index in [0.717, 1.165) is 12.2 Å². The molecule has 1 fully saturated rings. The Morgan fingerprint density at radius 2 is 1.53 bits per heavy atom. The number of rotatable bonds is 3. The van der Waals surface area contributed by atoms with E-state index in [4.69, 9.17) is 0 Å². The zero-order chi connectivity index (χ0) is 13.0. The highest BCUT2D eigenvalue weighted by atomic mass is 16.2. The van der Waals surface area contributed by atoms with Crippen LogP contribution in [0.1, 0.15) is 6.92 Å². The second-order valence-corrected chi connectivity index (χ2v) is 3.57. The summed E-state index contributed by atoms with van der Waals surface area (Å²) in [7, 11) is 0. The van der Waals surface area contributed by atoms with Crippen molar-refractivity contribution in [3.8, 4) is 0 Å². The van der Waals surface area contributed by atoms with E-state index in [1.807, 2.05) is 0 Å². The lowest BCUT2D eigenvalue weighted by atomic mass is 10.2. The van der Waals surface area contributed by atoms with Crippen LogP contribution in [0.5, 0.6) is 0 Å². The molecule has 1 aliphatic heterocycles. The maximum atomic E-state index is 11.6. The Morgan fingerprint density at radius 3 is 1.82 bits per heavy atom. The van der Waals surface area contributed by atoms with Gasteiger partial charge < -0.3 is 0 Å². The van der Waals surface area contributed by atoms with Gasteiger partial charge in [0.1, 0.15) is 0 Å². The predicted molar refractivity (Wildman–Crippen MR) is 61.4 cm³/mol. The van der Waals surface area contributed by atoms with Gasteiger partial charge in [0, 0.05) is 0 Å². The lowest BCUT2D eigenvalue weighted by Gasteiger charge is -2.41. The Kier molecular flexibility index (Phi) is 4.17. The molecule has 0 bridgehead atoms. The number of hydrogen-bond donors (Lipinski definition) is 1. The molecule has 0 atom stereocenters. The van der Waals surface area contributed by atoms with Gasteiger partial charge in [-0.05, 0) is 19.1 Å². The Balaban J connectivity index is 3.03. The van der Waals surface area contributed by atoms with Crippen molar-refractivity contribution in [1.29, 1.82) is 0 Å². The molecule has 1 saturated heterocycles. The fourth-order valence-electron chi connectivity index (χ4n) is 1.70. The van der Waals surface area contributed by atoms with E-state index in [1.165, 1.54) is 16.7 Å². The molecule has 2 amide bonds. The molecule has 1 heterocycles. The molecule has 0 unspecified atom stereocenters. The average molecular weight is 237 g/mol. The van der Waals surface area contributed by atoms with E-state index in [0.29, 0.717) is 0 Å². The van der Waals surface area contributed by atoms with Crippen molar-refractivity contribution in [2.24, 2.45) is 0 Å². The number of carbonyl (C=O) groups is 3. The third kappa shape index (κ3) is 2.59. The van der Waals surface area contributed by atoms with Crippen molar-refractivity contribution in [3.63, 3.8) is 0 Å². The van der Waals surface area contributed by atoms with E-state index >= 15 is 0 Å². The molecule has 0 aromatic heterocycles. The van der Waals surface area contributed by atoms with E-state index < -0.39 is 18.0 Å². The zero-order valence-corrected chi connectivity index (χ0v) is 9.68. The molecule has 0 spiro atoms. The highest BCUT2D eigenvalue weighted by Gasteiger charge is 2.36. The van der Waals surface area contributed by atoms with Crippen molar-refractivity contribution in [1.82, 2.24) is 15.1 Å². The third-order valence-corrected chi connectivity index (χ3v) is 2.43. The first-order chi connectivity index (χ1) is 8.02. The van der Waals surface area contributed by atoms with Crippen LogP contribution in [0.15, 0.2) is 25.3 Å². The highest BCUT2D eigenvalue weighted by Crippen LogP contribution is 2.12. The molecule has 0 aromatic carbocycles. The first kappa shape index (κ1) is 13.1. The van der Waals surface area contributed by atoms with Crippen molar-refractivity contribution in [2.45, 2.75) is 13.1 Å². The summed E-state index contributed by atoms with van der Waals surface area (Å²) in [4.78, 5) is 37.3. The maximum Gasteiger partial charge on any atom is 0.248 e. The van der Waals surface area contributed by atoms with Gasteiger partial charge in [0.05, 0.1) is 13.3 Å². The van der Waals surface area contributed by atoms with Crippen molar-refractivity contribution in [2.75, 3.05) is 13.3 Å². The summed E-state index contributed by atoms with van der Waals surface area (Å²) in [6.07, 6.45) is 1.33. The van der Waals surface area contributed by atoms with Gasteiger partial charge in [0.25, 0.3) is 0 Å². The maximum absolute atomic E-state index is 11.6. The summed E-state index contributed by atoms with van der Waals surface area (Å²) in [5.74, 6) is -1.09. The number of nitrogens with one attached hydrogen (secondary N) is 1. The van der Waals surface area contributed by atoms with Crippen molar-refractivity contribution in [3.05, 3.63) is 25.3 Å². The van der Waals surface area contributed by atoms with Gasteiger partial charge in [-0.15, -0.1) is 0 Å². The quantitative estimate of drug-likeness (QED) is 0.669. The Bertz CT molecular complexity index is 350. The first-order valence-corrected chi connectivity index (χ1v) is 5.10. The highest BCUT2D eigenvalue weighted by molar-refractivity contribution is 5.96. The lowest BCUT2D eigenvalue weighted by molar-refractivity contribution is -0.154. The first-order valence-electron chi connectivity index (χ1n) is 5.10. The summed E-state index contributed by atoms with van der Waals surface area (Å²) in [6, 6.07) is 0. The van der Waals surface area contributed by atoms with Crippen LogP contribution >= 0.6 is 0 Å². The lowest BCUT2D eigenvalue weighted by Crippen LogP contribution is -2.65. The van der Waals surface area contributed by atoms with Crippen LogP contribution in [-0.4, -0.2) is 46.9 Å².